The maximum absolute atomic E-state index is 11.7. The highest BCUT2D eigenvalue weighted by Gasteiger charge is 2.31. The van der Waals surface area contributed by atoms with Gasteiger partial charge in [-0.25, -0.2) is 0 Å². The molecule has 0 aromatic heterocycles. The summed E-state index contributed by atoms with van der Waals surface area (Å²) in [5.74, 6) is 1.25. The van der Waals surface area contributed by atoms with E-state index in [9.17, 15) is 4.79 Å². The van der Waals surface area contributed by atoms with Gasteiger partial charge in [-0.05, 0) is 43.9 Å². The van der Waals surface area contributed by atoms with Crippen LogP contribution in [0.15, 0.2) is 0 Å². The number of nitrogens with two attached hydrogens (primary N) is 1. The molecule has 2 aliphatic carbocycles. The molecule has 17 heavy (non-hydrogen) atoms. The van der Waals surface area contributed by atoms with Crippen LogP contribution in [0.3, 0.4) is 0 Å². The topological polar surface area (TPSA) is 52.3 Å². The highest BCUT2D eigenvalue weighted by atomic mass is 16.5. The Kier molecular flexibility index (Phi) is 4.43. The van der Waals surface area contributed by atoms with Crippen LogP contribution in [0.2, 0.25) is 0 Å². The Morgan fingerprint density at radius 1 is 1.35 bits per heavy atom. The van der Waals surface area contributed by atoms with E-state index in [1.807, 2.05) is 0 Å². The molecule has 2 N–H and O–H groups in total. The quantitative estimate of drug-likeness (QED) is 0.750. The number of hydrogen-bond donors (Lipinski definition) is 1. The highest BCUT2D eigenvalue weighted by Crippen LogP contribution is 2.33. The normalized spacial score (nSPS) is 30.9. The lowest BCUT2D eigenvalue weighted by molar-refractivity contribution is -0.151. The number of hydrogen-bond acceptors (Lipinski definition) is 3. The van der Waals surface area contributed by atoms with Crippen molar-refractivity contribution >= 4 is 5.97 Å². The van der Waals surface area contributed by atoms with Crippen LogP contribution in [0.4, 0.5) is 0 Å². The van der Waals surface area contributed by atoms with Crippen molar-refractivity contribution in [2.45, 2.75) is 70.4 Å². The van der Waals surface area contributed by atoms with Crippen LogP contribution < -0.4 is 5.73 Å². The van der Waals surface area contributed by atoms with E-state index in [-0.39, 0.29) is 18.1 Å². The fraction of sp³-hybridized carbons (Fsp3) is 0.929. The molecule has 0 aliphatic heterocycles. The Bertz CT molecular complexity index is 263. The average molecular weight is 239 g/mol. The summed E-state index contributed by atoms with van der Waals surface area (Å²) >= 11 is 0. The Morgan fingerprint density at radius 2 is 2.12 bits per heavy atom. The van der Waals surface area contributed by atoms with Gasteiger partial charge in [0.1, 0.15) is 6.10 Å². The average Bonchev–Trinajstić information content (AvgIpc) is 3.12. The van der Waals surface area contributed by atoms with Crippen LogP contribution in [0, 0.1) is 11.8 Å². The predicted octanol–water partition coefficient (Wildman–Crippen LogP) is 2.63. The maximum atomic E-state index is 11.7. The molecule has 2 aliphatic rings. The van der Waals surface area contributed by atoms with Crippen LogP contribution in [-0.2, 0) is 9.53 Å². The van der Waals surface area contributed by atoms with E-state index in [0.717, 1.165) is 18.8 Å². The summed E-state index contributed by atoms with van der Waals surface area (Å²) in [6.07, 6.45) is 8.76. The number of carbonyl (C=O) groups is 1. The van der Waals surface area contributed by atoms with Crippen molar-refractivity contribution in [2.75, 3.05) is 0 Å². The third-order valence-electron chi connectivity index (χ3n) is 4.24. The Balaban J connectivity index is 1.69. The van der Waals surface area contributed by atoms with Crippen molar-refractivity contribution in [2.24, 2.45) is 17.6 Å². The number of ether oxygens (including phenoxy) is 1. The summed E-state index contributed by atoms with van der Waals surface area (Å²) in [6, 6.07) is 0.0352. The van der Waals surface area contributed by atoms with Gasteiger partial charge >= 0.3 is 5.97 Å². The van der Waals surface area contributed by atoms with E-state index >= 15 is 0 Å². The smallest absolute Gasteiger partial charge is 0.307 e. The molecule has 98 valence electrons. The number of esters is 1. The van der Waals surface area contributed by atoms with E-state index in [0.29, 0.717) is 12.3 Å². The third-order valence-corrected chi connectivity index (χ3v) is 4.24. The fourth-order valence-electron chi connectivity index (χ4n) is 2.84. The molecule has 2 rings (SSSR count). The fourth-order valence-corrected chi connectivity index (χ4v) is 2.84. The van der Waals surface area contributed by atoms with Crippen LogP contribution in [0.25, 0.3) is 0 Å². The van der Waals surface area contributed by atoms with Crippen molar-refractivity contribution in [3.05, 3.63) is 0 Å². The van der Waals surface area contributed by atoms with E-state index in [4.69, 9.17) is 10.5 Å². The van der Waals surface area contributed by atoms with Crippen molar-refractivity contribution in [3.63, 3.8) is 0 Å². The second-order valence-corrected chi connectivity index (χ2v) is 5.76. The van der Waals surface area contributed by atoms with Gasteiger partial charge in [-0.1, -0.05) is 19.8 Å². The van der Waals surface area contributed by atoms with E-state index in [2.05, 4.69) is 6.92 Å². The Labute approximate surface area is 104 Å². The molecular weight excluding hydrogens is 214 g/mol. The first-order chi connectivity index (χ1) is 8.19. The van der Waals surface area contributed by atoms with Gasteiger partial charge < -0.3 is 10.5 Å². The van der Waals surface area contributed by atoms with E-state index < -0.39 is 0 Å². The van der Waals surface area contributed by atoms with Gasteiger partial charge in [-0.3, -0.25) is 4.79 Å². The lowest BCUT2D eigenvalue weighted by Gasteiger charge is -2.28. The van der Waals surface area contributed by atoms with Crippen LogP contribution in [0.1, 0.15) is 58.3 Å². The zero-order valence-corrected chi connectivity index (χ0v) is 10.9. The standard InChI is InChI=1S/C14H25NO2/c1-2-10-4-3-5-12(8-10)17-14(16)9-13(15)11-6-7-11/h10-13H,2-9,15H2,1H3. The molecular formula is C14H25NO2. The Morgan fingerprint density at radius 3 is 2.76 bits per heavy atom. The number of rotatable bonds is 5. The molecule has 0 saturated heterocycles. The molecule has 3 atom stereocenters. The molecule has 0 amide bonds. The molecule has 0 bridgehead atoms. The van der Waals surface area contributed by atoms with Crippen molar-refractivity contribution < 1.29 is 9.53 Å². The van der Waals surface area contributed by atoms with Gasteiger partial charge in [0.2, 0.25) is 0 Å². The van der Waals surface area contributed by atoms with Crippen LogP contribution in [0.5, 0.6) is 0 Å². The molecule has 0 spiro atoms. The molecule has 3 nitrogen and oxygen atoms in total. The molecule has 2 saturated carbocycles. The SMILES string of the molecule is CCC1CCCC(OC(=O)CC(N)C2CC2)C1. The minimum Gasteiger partial charge on any atom is -0.462 e. The van der Waals surface area contributed by atoms with Crippen LogP contribution in [-0.4, -0.2) is 18.1 Å². The summed E-state index contributed by atoms with van der Waals surface area (Å²) in [5, 5.41) is 0. The monoisotopic (exact) mass is 239 g/mol. The summed E-state index contributed by atoms with van der Waals surface area (Å²) < 4.78 is 5.55. The summed E-state index contributed by atoms with van der Waals surface area (Å²) in [4.78, 5) is 11.7. The third kappa shape index (κ3) is 3.98. The lowest BCUT2D eigenvalue weighted by atomic mass is 9.85. The summed E-state index contributed by atoms with van der Waals surface area (Å²) in [6.45, 7) is 2.22. The molecule has 0 radical (unpaired) electrons. The predicted molar refractivity (Wildman–Crippen MR) is 67.4 cm³/mol. The minimum absolute atomic E-state index is 0.0352. The first-order valence-corrected chi connectivity index (χ1v) is 7.14. The first-order valence-electron chi connectivity index (χ1n) is 7.14. The number of carbonyl (C=O) groups excluding carboxylic acids is 1. The molecule has 0 aromatic rings. The van der Waals surface area contributed by atoms with Gasteiger partial charge in [-0.2, -0.15) is 0 Å². The van der Waals surface area contributed by atoms with Crippen molar-refractivity contribution in [3.8, 4) is 0 Å². The Hall–Kier alpha value is -0.570. The lowest BCUT2D eigenvalue weighted by Crippen LogP contribution is -2.31. The van der Waals surface area contributed by atoms with Gasteiger partial charge in [0.15, 0.2) is 0 Å². The summed E-state index contributed by atoms with van der Waals surface area (Å²) in [7, 11) is 0. The van der Waals surface area contributed by atoms with Gasteiger partial charge in [-0.15, -0.1) is 0 Å². The zero-order valence-electron chi connectivity index (χ0n) is 10.9. The van der Waals surface area contributed by atoms with Gasteiger partial charge in [0, 0.05) is 6.04 Å². The molecule has 3 unspecified atom stereocenters. The first kappa shape index (κ1) is 12.9. The second kappa shape index (κ2) is 5.85. The molecule has 3 heteroatoms. The minimum atomic E-state index is -0.0776. The van der Waals surface area contributed by atoms with E-state index in [1.165, 1.54) is 32.1 Å². The second-order valence-electron chi connectivity index (χ2n) is 5.76. The van der Waals surface area contributed by atoms with Gasteiger partial charge in [0.05, 0.1) is 6.42 Å². The van der Waals surface area contributed by atoms with Crippen molar-refractivity contribution in [1.82, 2.24) is 0 Å². The van der Waals surface area contributed by atoms with Crippen molar-refractivity contribution in [1.29, 1.82) is 0 Å². The maximum Gasteiger partial charge on any atom is 0.307 e. The molecule has 2 fully saturated rings. The van der Waals surface area contributed by atoms with E-state index in [1.54, 1.807) is 0 Å². The summed E-state index contributed by atoms with van der Waals surface area (Å²) in [5.41, 5.74) is 5.94. The van der Waals surface area contributed by atoms with Gasteiger partial charge in [0.25, 0.3) is 0 Å². The van der Waals surface area contributed by atoms with Crippen LogP contribution >= 0.6 is 0 Å². The molecule has 0 heterocycles. The largest absolute Gasteiger partial charge is 0.462 e. The zero-order chi connectivity index (χ0) is 12.3. The highest BCUT2D eigenvalue weighted by molar-refractivity contribution is 5.70. The molecule has 0 aromatic carbocycles.